The molecule has 1 fully saturated rings. The maximum Gasteiger partial charge on any atom is 0.309 e. The van der Waals surface area contributed by atoms with Gasteiger partial charge in [0.05, 0.1) is 22.4 Å². The maximum absolute atomic E-state index is 13.3. The van der Waals surface area contributed by atoms with Gasteiger partial charge < -0.3 is 4.74 Å². The van der Waals surface area contributed by atoms with Crippen LogP contribution >= 0.6 is 11.6 Å². The minimum Gasteiger partial charge on any atom is -0.465 e. The molecule has 0 amide bonds. The van der Waals surface area contributed by atoms with E-state index in [0.29, 0.717) is 31.3 Å². The van der Waals surface area contributed by atoms with E-state index in [2.05, 4.69) is 19.1 Å². The van der Waals surface area contributed by atoms with Crippen molar-refractivity contribution in [1.29, 1.82) is 0 Å². The number of allylic oxidation sites excluding steroid dienone is 2. The molecule has 1 saturated heterocycles. The van der Waals surface area contributed by atoms with Crippen LogP contribution < -0.4 is 0 Å². The number of hydrogen-bond donors (Lipinski definition) is 0. The number of carbonyl (C=O) groups excluding carboxylic acids is 1. The molecule has 5 nitrogen and oxygen atoms in total. The van der Waals surface area contributed by atoms with Crippen LogP contribution in [-0.2, 0) is 19.6 Å². The first-order valence-electron chi connectivity index (χ1n) is 9.56. The normalized spacial score (nSPS) is 24.2. The molecule has 154 valence electrons. The molecule has 1 aliphatic carbocycles. The Morgan fingerprint density at radius 1 is 1.25 bits per heavy atom. The number of piperidine rings is 1. The number of halogens is 2. The molecular weight excluding hydrogens is 405 g/mol. The Hall–Kier alpha value is -1.44. The number of carbonyl (C=O) groups is 1. The number of nitrogens with zero attached hydrogens (tertiary/aromatic N) is 1. The number of benzene rings is 1. The summed E-state index contributed by atoms with van der Waals surface area (Å²) in [6.07, 6.45) is 7.04. The highest BCUT2D eigenvalue weighted by atomic mass is 35.5. The lowest BCUT2D eigenvalue weighted by molar-refractivity contribution is -0.151. The number of rotatable bonds is 5. The van der Waals surface area contributed by atoms with Gasteiger partial charge in [-0.2, -0.15) is 4.31 Å². The predicted octanol–water partition coefficient (Wildman–Crippen LogP) is 4.03. The lowest BCUT2D eigenvalue weighted by Crippen LogP contribution is -2.40. The van der Waals surface area contributed by atoms with Crippen molar-refractivity contribution >= 4 is 27.6 Å². The summed E-state index contributed by atoms with van der Waals surface area (Å²) >= 11 is 5.71. The predicted molar refractivity (Wildman–Crippen MR) is 105 cm³/mol. The standard InChI is InChI=1S/C20H25ClFNO4S/c1-14-4-2-3-5-16(14)13-27-20(24)15-8-10-23(11-9-15)28(25,26)17-6-7-19(22)18(21)12-17/h2-3,6-7,12,14-16H,4-5,8-11,13H2,1H3. The molecule has 0 saturated carbocycles. The van der Waals surface area contributed by atoms with E-state index in [-0.39, 0.29) is 34.9 Å². The molecule has 1 aromatic rings. The first-order chi connectivity index (χ1) is 13.3. The zero-order chi connectivity index (χ0) is 20.3. The van der Waals surface area contributed by atoms with Crippen molar-refractivity contribution < 1.29 is 22.3 Å². The van der Waals surface area contributed by atoms with Crippen LogP contribution in [0.25, 0.3) is 0 Å². The van der Waals surface area contributed by atoms with Crippen LogP contribution in [0.15, 0.2) is 35.2 Å². The number of esters is 1. The van der Waals surface area contributed by atoms with Crippen molar-refractivity contribution in [3.8, 4) is 0 Å². The van der Waals surface area contributed by atoms with E-state index in [0.717, 1.165) is 25.0 Å². The van der Waals surface area contributed by atoms with Crippen molar-refractivity contribution in [2.45, 2.75) is 37.5 Å². The first kappa shape index (κ1) is 21.3. The Balaban J connectivity index is 1.54. The summed E-state index contributed by atoms with van der Waals surface area (Å²) in [5.74, 6) is -0.365. The molecule has 2 atom stereocenters. The summed E-state index contributed by atoms with van der Waals surface area (Å²) in [4.78, 5) is 12.3. The van der Waals surface area contributed by atoms with Gasteiger partial charge >= 0.3 is 5.97 Å². The molecule has 2 unspecified atom stereocenters. The van der Waals surface area contributed by atoms with Crippen LogP contribution in [0.1, 0.15) is 32.6 Å². The summed E-state index contributed by atoms with van der Waals surface area (Å²) in [5.41, 5.74) is 0. The van der Waals surface area contributed by atoms with Gasteiger partial charge in [-0.1, -0.05) is 30.7 Å². The second-order valence-corrected chi connectivity index (χ2v) is 9.91. The van der Waals surface area contributed by atoms with Crippen molar-refractivity contribution in [1.82, 2.24) is 4.31 Å². The lowest BCUT2D eigenvalue weighted by atomic mass is 9.85. The second kappa shape index (κ2) is 8.93. The van der Waals surface area contributed by atoms with E-state index >= 15 is 0 Å². The van der Waals surface area contributed by atoms with Crippen molar-refractivity contribution in [3.63, 3.8) is 0 Å². The number of hydrogen-bond acceptors (Lipinski definition) is 4. The minimum atomic E-state index is -3.76. The lowest BCUT2D eigenvalue weighted by Gasteiger charge is -2.31. The Bertz CT molecular complexity index is 850. The van der Waals surface area contributed by atoms with Crippen molar-refractivity contribution in [2.75, 3.05) is 19.7 Å². The fourth-order valence-electron chi connectivity index (χ4n) is 3.66. The molecule has 0 bridgehead atoms. The molecule has 1 aliphatic heterocycles. The molecule has 8 heteroatoms. The highest BCUT2D eigenvalue weighted by Crippen LogP contribution is 2.28. The molecule has 1 heterocycles. The van der Waals surface area contributed by atoms with Crippen LogP contribution in [0.5, 0.6) is 0 Å². The number of ether oxygens (including phenoxy) is 1. The summed E-state index contributed by atoms with van der Waals surface area (Å²) in [5, 5.41) is -0.230. The van der Waals surface area contributed by atoms with Gasteiger partial charge in [0, 0.05) is 13.1 Å². The summed E-state index contributed by atoms with van der Waals surface area (Å²) in [7, 11) is -3.76. The fraction of sp³-hybridized carbons (Fsp3) is 0.550. The zero-order valence-corrected chi connectivity index (χ0v) is 17.4. The van der Waals surface area contributed by atoms with E-state index in [4.69, 9.17) is 16.3 Å². The Morgan fingerprint density at radius 3 is 2.57 bits per heavy atom. The van der Waals surface area contributed by atoms with E-state index in [1.807, 2.05) is 0 Å². The maximum atomic E-state index is 13.3. The number of sulfonamides is 1. The van der Waals surface area contributed by atoms with E-state index < -0.39 is 15.8 Å². The van der Waals surface area contributed by atoms with Crippen LogP contribution in [0.3, 0.4) is 0 Å². The van der Waals surface area contributed by atoms with Crippen LogP contribution in [0, 0.1) is 23.6 Å². The van der Waals surface area contributed by atoms with Gasteiger partial charge in [0.15, 0.2) is 0 Å². The molecule has 0 spiro atoms. The van der Waals surface area contributed by atoms with E-state index in [1.54, 1.807) is 0 Å². The average Bonchev–Trinajstić information content (AvgIpc) is 2.69. The van der Waals surface area contributed by atoms with Gasteiger partial charge in [0.1, 0.15) is 5.82 Å². The molecule has 0 aromatic heterocycles. The van der Waals surface area contributed by atoms with Crippen LogP contribution in [-0.4, -0.2) is 38.4 Å². The topological polar surface area (TPSA) is 63.7 Å². The zero-order valence-electron chi connectivity index (χ0n) is 15.8. The van der Waals surface area contributed by atoms with Gasteiger partial charge in [-0.25, -0.2) is 12.8 Å². The third kappa shape index (κ3) is 4.75. The minimum absolute atomic E-state index is 0.0423. The Morgan fingerprint density at radius 2 is 1.93 bits per heavy atom. The van der Waals surface area contributed by atoms with E-state index in [9.17, 15) is 17.6 Å². The third-order valence-corrected chi connectivity index (χ3v) is 7.86. The summed E-state index contributed by atoms with van der Waals surface area (Å²) in [6.45, 7) is 3.02. The van der Waals surface area contributed by atoms with Crippen LogP contribution in [0.2, 0.25) is 5.02 Å². The highest BCUT2D eigenvalue weighted by Gasteiger charge is 2.33. The Kier molecular flexibility index (Phi) is 6.78. The SMILES string of the molecule is CC1CC=CCC1COC(=O)C1CCN(S(=O)(=O)c2ccc(F)c(Cl)c2)CC1. The second-order valence-electron chi connectivity index (χ2n) is 7.56. The van der Waals surface area contributed by atoms with Gasteiger partial charge in [0.25, 0.3) is 0 Å². The molecule has 0 radical (unpaired) electrons. The molecule has 1 aromatic carbocycles. The summed E-state index contributed by atoms with van der Waals surface area (Å²) in [6, 6.07) is 3.36. The molecule has 0 N–H and O–H groups in total. The highest BCUT2D eigenvalue weighted by molar-refractivity contribution is 7.89. The monoisotopic (exact) mass is 429 g/mol. The molecular formula is C20H25ClFNO4S. The third-order valence-electron chi connectivity index (χ3n) is 5.67. The van der Waals surface area contributed by atoms with Gasteiger partial charge in [-0.3, -0.25) is 4.79 Å². The van der Waals surface area contributed by atoms with Gasteiger partial charge in [-0.05, 0) is 55.7 Å². The van der Waals surface area contributed by atoms with Gasteiger partial charge in [0.2, 0.25) is 10.0 Å². The van der Waals surface area contributed by atoms with Gasteiger partial charge in [-0.15, -0.1) is 0 Å². The van der Waals surface area contributed by atoms with Crippen LogP contribution in [0.4, 0.5) is 4.39 Å². The fourth-order valence-corrected chi connectivity index (χ4v) is 5.41. The smallest absolute Gasteiger partial charge is 0.309 e. The van der Waals surface area contributed by atoms with Crippen molar-refractivity contribution in [2.24, 2.45) is 17.8 Å². The molecule has 3 rings (SSSR count). The largest absolute Gasteiger partial charge is 0.465 e. The molecule has 2 aliphatic rings. The quantitative estimate of drug-likeness (QED) is 0.523. The Labute approximate surface area is 170 Å². The van der Waals surface area contributed by atoms with Crippen molar-refractivity contribution in [3.05, 3.63) is 41.2 Å². The van der Waals surface area contributed by atoms with E-state index in [1.165, 1.54) is 10.4 Å². The summed E-state index contributed by atoms with van der Waals surface area (Å²) < 4.78 is 45.6. The molecule has 28 heavy (non-hydrogen) atoms. The average molecular weight is 430 g/mol. The first-order valence-corrected chi connectivity index (χ1v) is 11.4.